The molecule has 0 N–H and O–H groups in total. The van der Waals surface area contributed by atoms with Gasteiger partial charge >= 0.3 is 0 Å². The number of allylic oxidation sites excluding steroid dienone is 3. The van der Waals surface area contributed by atoms with Crippen LogP contribution in [0.4, 0.5) is 0 Å². The Labute approximate surface area is 60.0 Å². The van der Waals surface area contributed by atoms with E-state index in [1.165, 1.54) is 0 Å². The van der Waals surface area contributed by atoms with E-state index in [4.69, 9.17) is 16.3 Å². The summed E-state index contributed by atoms with van der Waals surface area (Å²) in [6.45, 7) is 3.91. The molecule has 1 unspecified atom stereocenters. The van der Waals surface area contributed by atoms with Gasteiger partial charge in [0.2, 0.25) is 0 Å². The fourth-order valence-corrected chi connectivity index (χ4v) is 0.845. The van der Waals surface area contributed by atoms with Crippen molar-refractivity contribution in [3.05, 3.63) is 23.5 Å². The van der Waals surface area contributed by atoms with Crippen molar-refractivity contribution in [3.8, 4) is 0 Å². The molecule has 0 fully saturated rings. The summed E-state index contributed by atoms with van der Waals surface area (Å²) in [5, 5.41) is 0. The predicted octanol–water partition coefficient (Wildman–Crippen LogP) is 2.43. The Morgan fingerprint density at radius 2 is 2.22 bits per heavy atom. The Morgan fingerprint density at radius 1 is 1.56 bits per heavy atom. The van der Waals surface area contributed by atoms with Crippen molar-refractivity contribution in [1.82, 2.24) is 0 Å². The molecule has 0 radical (unpaired) electrons. The molecule has 0 spiro atoms. The van der Waals surface area contributed by atoms with Gasteiger partial charge in [-0.05, 0) is 25.5 Å². The van der Waals surface area contributed by atoms with Gasteiger partial charge in [-0.25, -0.2) is 0 Å². The molecule has 0 aliphatic carbocycles. The van der Waals surface area contributed by atoms with Crippen LogP contribution >= 0.6 is 11.6 Å². The van der Waals surface area contributed by atoms with Crippen LogP contribution in [0.15, 0.2) is 23.5 Å². The van der Waals surface area contributed by atoms with E-state index in [0.29, 0.717) is 0 Å². The molecule has 9 heavy (non-hydrogen) atoms. The summed E-state index contributed by atoms with van der Waals surface area (Å²) in [7, 11) is 0. The summed E-state index contributed by atoms with van der Waals surface area (Å²) in [6.07, 6.45) is 3.79. The third kappa shape index (κ3) is 1.49. The molecule has 0 amide bonds. The number of hydrogen-bond acceptors (Lipinski definition) is 1. The summed E-state index contributed by atoms with van der Waals surface area (Å²) in [4.78, 5) is 0. The van der Waals surface area contributed by atoms with Crippen molar-refractivity contribution in [3.63, 3.8) is 0 Å². The van der Waals surface area contributed by atoms with Crippen LogP contribution in [0, 0.1) is 0 Å². The Kier molecular flexibility index (Phi) is 1.81. The first-order valence-corrected chi connectivity index (χ1v) is 3.30. The van der Waals surface area contributed by atoms with Crippen LogP contribution in [-0.4, -0.2) is 5.56 Å². The first-order valence-electron chi connectivity index (χ1n) is 2.86. The molecule has 0 aromatic rings. The zero-order valence-corrected chi connectivity index (χ0v) is 6.27. The Balaban J connectivity index is 2.75. The molecule has 0 saturated carbocycles. The van der Waals surface area contributed by atoms with Crippen molar-refractivity contribution in [1.29, 1.82) is 0 Å². The maximum absolute atomic E-state index is 5.63. The van der Waals surface area contributed by atoms with Crippen molar-refractivity contribution in [2.75, 3.05) is 0 Å². The SMILES string of the molecule is CC1=C(C)OC(Cl)C=C1. The second-order valence-electron chi connectivity index (χ2n) is 2.07. The van der Waals surface area contributed by atoms with E-state index < -0.39 is 0 Å². The van der Waals surface area contributed by atoms with Crippen molar-refractivity contribution < 1.29 is 4.74 Å². The first kappa shape index (κ1) is 6.69. The zero-order chi connectivity index (χ0) is 6.85. The molecule has 0 aromatic heterocycles. The molecule has 0 bridgehead atoms. The molecule has 0 aromatic carbocycles. The van der Waals surface area contributed by atoms with Crippen LogP contribution in [0.2, 0.25) is 0 Å². The quantitative estimate of drug-likeness (QED) is 0.475. The highest BCUT2D eigenvalue weighted by atomic mass is 35.5. The molecule has 1 atom stereocenters. The maximum Gasteiger partial charge on any atom is 0.190 e. The predicted molar refractivity (Wildman–Crippen MR) is 38.2 cm³/mol. The summed E-state index contributed by atoms with van der Waals surface area (Å²) < 4.78 is 5.16. The Bertz CT molecular complexity index is 170. The van der Waals surface area contributed by atoms with Gasteiger partial charge < -0.3 is 4.74 Å². The number of hydrogen-bond donors (Lipinski definition) is 0. The highest BCUT2D eigenvalue weighted by molar-refractivity contribution is 6.21. The van der Waals surface area contributed by atoms with Crippen LogP contribution in [-0.2, 0) is 4.74 Å². The van der Waals surface area contributed by atoms with Crippen LogP contribution in [0.25, 0.3) is 0 Å². The van der Waals surface area contributed by atoms with E-state index in [1.807, 2.05) is 26.0 Å². The summed E-state index contributed by atoms with van der Waals surface area (Å²) >= 11 is 5.63. The monoisotopic (exact) mass is 144 g/mol. The van der Waals surface area contributed by atoms with Crippen LogP contribution in [0.1, 0.15) is 13.8 Å². The van der Waals surface area contributed by atoms with E-state index in [0.717, 1.165) is 11.3 Å². The summed E-state index contributed by atoms with van der Waals surface area (Å²) in [5.41, 5.74) is 0.876. The Hall–Kier alpha value is -0.430. The average molecular weight is 145 g/mol. The van der Waals surface area contributed by atoms with Crippen molar-refractivity contribution in [2.24, 2.45) is 0 Å². The first-order chi connectivity index (χ1) is 4.20. The zero-order valence-electron chi connectivity index (χ0n) is 5.52. The minimum Gasteiger partial charge on any atom is -0.475 e. The lowest BCUT2D eigenvalue weighted by Gasteiger charge is -2.14. The molecule has 1 aliphatic heterocycles. The molecule has 0 saturated heterocycles. The van der Waals surface area contributed by atoms with Gasteiger partial charge in [0.15, 0.2) is 5.56 Å². The fourth-order valence-electron chi connectivity index (χ4n) is 0.638. The lowest BCUT2D eigenvalue weighted by Crippen LogP contribution is -2.04. The molecule has 1 rings (SSSR count). The van der Waals surface area contributed by atoms with Crippen molar-refractivity contribution in [2.45, 2.75) is 19.4 Å². The van der Waals surface area contributed by atoms with E-state index in [9.17, 15) is 0 Å². The highest BCUT2D eigenvalue weighted by Gasteiger charge is 2.06. The largest absolute Gasteiger partial charge is 0.475 e. The van der Waals surface area contributed by atoms with Gasteiger partial charge in [-0.2, -0.15) is 0 Å². The second-order valence-corrected chi connectivity index (χ2v) is 2.50. The number of rotatable bonds is 0. The topological polar surface area (TPSA) is 9.23 Å². The molecule has 50 valence electrons. The summed E-state index contributed by atoms with van der Waals surface area (Å²) in [5.74, 6) is 0.914. The average Bonchev–Trinajstić information content (AvgIpc) is 1.80. The van der Waals surface area contributed by atoms with Gasteiger partial charge in [-0.1, -0.05) is 17.7 Å². The standard InChI is InChI=1S/C7H9ClO/c1-5-3-4-7(8)9-6(5)2/h3-4,7H,1-2H3. The maximum atomic E-state index is 5.63. The minimum atomic E-state index is -0.270. The Morgan fingerprint density at radius 3 is 2.67 bits per heavy atom. The van der Waals surface area contributed by atoms with Gasteiger partial charge in [0, 0.05) is 0 Å². The molecule has 2 heteroatoms. The van der Waals surface area contributed by atoms with Gasteiger partial charge in [-0.3, -0.25) is 0 Å². The van der Waals surface area contributed by atoms with Crippen LogP contribution in [0.3, 0.4) is 0 Å². The third-order valence-corrected chi connectivity index (χ3v) is 1.58. The highest BCUT2D eigenvalue weighted by Crippen LogP contribution is 2.17. The molecule has 1 heterocycles. The van der Waals surface area contributed by atoms with Gasteiger partial charge in [0.05, 0.1) is 5.76 Å². The van der Waals surface area contributed by atoms with E-state index in [1.54, 1.807) is 0 Å². The molecule has 1 aliphatic rings. The number of ether oxygens (including phenoxy) is 1. The van der Waals surface area contributed by atoms with Crippen molar-refractivity contribution >= 4 is 11.6 Å². The van der Waals surface area contributed by atoms with E-state index >= 15 is 0 Å². The van der Waals surface area contributed by atoms with E-state index in [-0.39, 0.29) is 5.56 Å². The number of alkyl halides is 1. The van der Waals surface area contributed by atoms with Gasteiger partial charge in [0.1, 0.15) is 0 Å². The van der Waals surface area contributed by atoms with E-state index in [2.05, 4.69) is 0 Å². The summed E-state index contributed by atoms with van der Waals surface area (Å²) in [6, 6.07) is 0. The lowest BCUT2D eigenvalue weighted by atomic mass is 10.2. The van der Waals surface area contributed by atoms with Gasteiger partial charge in [0.25, 0.3) is 0 Å². The second kappa shape index (κ2) is 2.44. The third-order valence-electron chi connectivity index (χ3n) is 1.34. The molecular weight excluding hydrogens is 136 g/mol. The van der Waals surface area contributed by atoms with Crippen LogP contribution in [0.5, 0.6) is 0 Å². The molecule has 1 nitrogen and oxygen atoms in total. The lowest BCUT2D eigenvalue weighted by molar-refractivity contribution is 0.210. The minimum absolute atomic E-state index is 0.270. The van der Waals surface area contributed by atoms with Crippen LogP contribution < -0.4 is 0 Å². The number of halogens is 1. The van der Waals surface area contributed by atoms with Gasteiger partial charge in [-0.15, -0.1) is 0 Å². The molecular formula is C7H9ClO. The smallest absolute Gasteiger partial charge is 0.190 e. The normalized spacial score (nSPS) is 26.3. The fraction of sp³-hybridized carbons (Fsp3) is 0.429.